The summed E-state index contributed by atoms with van der Waals surface area (Å²) in [6.07, 6.45) is 0. The van der Waals surface area contributed by atoms with Crippen LogP contribution in [0.5, 0.6) is 0 Å². The van der Waals surface area contributed by atoms with E-state index in [1.165, 1.54) is 5.56 Å². The molecule has 0 saturated carbocycles. The molecule has 0 aliphatic carbocycles. The molecule has 1 aromatic rings. The molecule has 64 valence electrons. The molecule has 1 aromatic carbocycles. The van der Waals surface area contributed by atoms with Crippen molar-refractivity contribution in [2.24, 2.45) is 0 Å². The van der Waals surface area contributed by atoms with E-state index >= 15 is 0 Å². The number of halogens is 1. The van der Waals surface area contributed by atoms with E-state index in [4.69, 9.17) is 11.6 Å². The number of benzene rings is 1. The van der Waals surface area contributed by atoms with E-state index in [1.807, 2.05) is 6.07 Å². The van der Waals surface area contributed by atoms with Gasteiger partial charge in [-0.3, -0.25) is 0 Å². The molecular formula is C10H11ClSe. The fourth-order valence-corrected chi connectivity index (χ4v) is 2.83. The number of allylic oxidation sites excluding steroid dienone is 1. The molecule has 2 heteroatoms. The minimum atomic E-state index is 0.570. The summed E-state index contributed by atoms with van der Waals surface area (Å²) >= 11 is 6.23. The average molecular weight is 246 g/mol. The zero-order valence-electron chi connectivity index (χ0n) is 6.79. The molecule has 0 aromatic heterocycles. The van der Waals surface area contributed by atoms with Crippen LogP contribution in [-0.2, 0) is 5.32 Å². The van der Waals surface area contributed by atoms with Gasteiger partial charge in [0.25, 0.3) is 0 Å². The Morgan fingerprint density at radius 3 is 2.58 bits per heavy atom. The van der Waals surface area contributed by atoms with Gasteiger partial charge in [0, 0.05) is 0 Å². The molecule has 0 atom stereocenters. The maximum absolute atomic E-state index is 5.67. The monoisotopic (exact) mass is 246 g/mol. The summed E-state index contributed by atoms with van der Waals surface area (Å²) in [6.45, 7) is 3.67. The van der Waals surface area contributed by atoms with E-state index in [0.717, 1.165) is 15.7 Å². The van der Waals surface area contributed by atoms with Gasteiger partial charge in [-0.15, -0.1) is 0 Å². The third kappa shape index (κ3) is 3.96. The Balaban J connectivity index is 2.29. The summed E-state index contributed by atoms with van der Waals surface area (Å²) in [5, 5.41) is 2.91. The van der Waals surface area contributed by atoms with E-state index in [2.05, 4.69) is 30.8 Å². The zero-order valence-corrected chi connectivity index (χ0v) is 9.26. The Bertz CT molecular complexity index is 243. The molecule has 0 radical (unpaired) electrons. The summed E-state index contributed by atoms with van der Waals surface area (Å²) in [6, 6.07) is 10.5. The first kappa shape index (κ1) is 9.85. The van der Waals surface area contributed by atoms with Crippen molar-refractivity contribution >= 4 is 26.6 Å². The van der Waals surface area contributed by atoms with Crippen LogP contribution in [-0.4, -0.2) is 15.0 Å². The molecule has 0 unspecified atom stereocenters. The molecule has 0 spiro atoms. The molecule has 0 heterocycles. The van der Waals surface area contributed by atoms with E-state index < -0.39 is 0 Å². The molecule has 0 saturated heterocycles. The van der Waals surface area contributed by atoms with Crippen molar-refractivity contribution in [3.8, 4) is 0 Å². The SMILES string of the molecule is C=C(Cl)C[Se]Cc1ccccc1. The van der Waals surface area contributed by atoms with Crippen LogP contribution in [0.25, 0.3) is 0 Å². The average Bonchev–Trinajstić information content (AvgIpc) is 2.05. The van der Waals surface area contributed by atoms with Crippen molar-refractivity contribution in [2.45, 2.75) is 10.6 Å². The summed E-state index contributed by atoms with van der Waals surface area (Å²) < 4.78 is 0. The van der Waals surface area contributed by atoms with Gasteiger partial charge in [-0.1, -0.05) is 0 Å². The number of hydrogen-bond donors (Lipinski definition) is 0. The van der Waals surface area contributed by atoms with Crippen molar-refractivity contribution in [3.63, 3.8) is 0 Å². The van der Waals surface area contributed by atoms with Crippen molar-refractivity contribution in [3.05, 3.63) is 47.5 Å². The fourth-order valence-electron chi connectivity index (χ4n) is 0.854. The van der Waals surface area contributed by atoms with Gasteiger partial charge in [0.1, 0.15) is 0 Å². The Hall–Kier alpha value is -0.231. The van der Waals surface area contributed by atoms with Crippen LogP contribution in [0.15, 0.2) is 41.9 Å². The molecule has 0 aliphatic heterocycles. The van der Waals surface area contributed by atoms with Crippen molar-refractivity contribution < 1.29 is 0 Å². The first-order valence-electron chi connectivity index (χ1n) is 3.74. The standard InChI is InChI=1S/C10H11ClSe/c1-9(11)7-12-8-10-5-3-2-4-6-10/h2-6H,1,7-8H2. The first-order chi connectivity index (χ1) is 5.79. The van der Waals surface area contributed by atoms with Crippen LogP contribution in [0.4, 0.5) is 0 Å². The molecule has 0 amide bonds. The Labute approximate surface area is 84.8 Å². The van der Waals surface area contributed by atoms with Gasteiger partial charge >= 0.3 is 84.7 Å². The molecule has 12 heavy (non-hydrogen) atoms. The van der Waals surface area contributed by atoms with Gasteiger partial charge in [-0.05, 0) is 0 Å². The molecule has 0 nitrogen and oxygen atoms in total. The van der Waals surface area contributed by atoms with Gasteiger partial charge in [-0.25, -0.2) is 0 Å². The summed E-state index contributed by atoms with van der Waals surface area (Å²) in [7, 11) is 0. The predicted molar refractivity (Wildman–Crippen MR) is 55.7 cm³/mol. The van der Waals surface area contributed by atoms with Crippen LogP contribution in [0.3, 0.4) is 0 Å². The second-order valence-corrected chi connectivity index (χ2v) is 5.10. The van der Waals surface area contributed by atoms with Crippen LogP contribution in [0.1, 0.15) is 5.56 Å². The van der Waals surface area contributed by atoms with Gasteiger partial charge < -0.3 is 0 Å². The Morgan fingerprint density at radius 2 is 2.00 bits per heavy atom. The quantitative estimate of drug-likeness (QED) is 0.715. The normalized spacial score (nSPS) is 9.75. The first-order valence-corrected chi connectivity index (χ1v) is 6.54. The van der Waals surface area contributed by atoms with E-state index in [-0.39, 0.29) is 0 Å². The van der Waals surface area contributed by atoms with Crippen LogP contribution in [0, 0.1) is 0 Å². The second-order valence-electron chi connectivity index (χ2n) is 2.50. The molecule has 0 bridgehead atoms. The van der Waals surface area contributed by atoms with E-state index in [0.29, 0.717) is 15.0 Å². The molecular weight excluding hydrogens is 235 g/mol. The van der Waals surface area contributed by atoms with Crippen LogP contribution < -0.4 is 0 Å². The Morgan fingerprint density at radius 1 is 1.33 bits per heavy atom. The Kier molecular flexibility index (Phi) is 4.45. The van der Waals surface area contributed by atoms with Crippen LogP contribution >= 0.6 is 11.6 Å². The van der Waals surface area contributed by atoms with Gasteiger partial charge in [0.2, 0.25) is 0 Å². The van der Waals surface area contributed by atoms with Crippen LogP contribution in [0.2, 0.25) is 5.32 Å². The zero-order chi connectivity index (χ0) is 8.81. The van der Waals surface area contributed by atoms with E-state index in [1.54, 1.807) is 0 Å². The molecule has 0 fully saturated rings. The molecule has 0 aliphatic rings. The second kappa shape index (κ2) is 5.42. The van der Waals surface area contributed by atoms with Crippen molar-refractivity contribution in [1.29, 1.82) is 0 Å². The van der Waals surface area contributed by atoms with Gasteiger partial charge in [0.15, 0.2) is 0 Å². The third-order valence-corrected chi connectivity index (χ3v) is 4.15. The maximum atomic E-state index is 5.67. The summed E-state index contributed by atoms with van der Waals surface area (Å²) in [4.78, 5) is 0. The van der Waals surface area contributed by atoms with Crippen molar-refractivity contribution in [1.82, 2.24) is 0 Å². The summed E-state index contributed by atoms with van der Waals surface area (Å²) in [5.41, 5.74) is 1.40. The van der Waals surface area contributed by atoms with Crippen molar-refractivity contribution in [2.75, 3.05) is 0 Å². The number of hydrogen-bond acceptors (Lipinski definition) is 0. The minimum absolute atomic E-state index is 0.570. The number of rotatable bonds is 4. The third-order valence-electron chi connectivity index (χ3n) is 1.37. The fraction of sp³-hybridized carbons (Fsp3) is 0.200. The summed E-state index contributed by atoms with van der Waals surface area (Å²) in [5.74, 6) is 0. The topological polar surface area (TPSA) is 0 Å². The molecule has 0 N–H and O–H groups in total. The van der Waals surface area contributed by atoms with Gasteiger partial charge in [-0.2, -0.15) is 0 Å². The van der Waals surface area contributed by atoms with Gasteiger partial charge in [0.05, 0.1) is 0 Å². The predicted octanol–water partition coefficient (Wildman–Crippen LogP) is 3.06. The molecule has 1 rings (SSSR count). The van der Waals surface area contributed by atoms with E-state index in [9.17, 15) is 0 Å².